The Morgan fingerprint density at radius 3 is 2.86 bits per heavy atom. The van der Waals surface area contributed by atoms with Crippen molar-refractivity contribution in [3.63, 3.8) is 0 Å². The van der Waals surface area contributed by atoms with Crippen LogP contribution >= 0.6 is 11.6 Å². The van der Waals surface area contributed by atoms with E-state index in [1.165, 1.54) is 6.07 Å². The number of aromatic nitrogens is 4. The number of hydrogen-bond acceptors (Lipinski definition) is 2. The monoisotopic (exact) mass is 306 g/mol. The van der Waals surface area contributed by atoms with Crippen LogP contribution < -0.4 is 0 Å². The standard InChI is InChI=1S/C15H16ClFN4/c1-3-12-10(8-20(2)19-12)9-21-13-6-4-5-11(17)15(13)18-14(21)7-16/h4-6,8H,3,7,9H2,1-2H3. The molecule has 0 aliphatic rings. The first kappa shape index (κ1) is 14.1. The molecular formula is C15H16ClFN4. The van der Waals surface area contributed by atoms with E-state index in [1.54, 1.807) is 10.7 Å². The van der Waals surface area contributed by atoms with Gasteiger partial charge in [0, 0.05) is 18.8 Å². The Morgan fingerprint density at radius 1 is 1.33 bits per heavy atom. The van der Waals surface area contributed by atoms with E-state index in [9.17, 15) is 4.39 Å². The van der Waals surface area contributed by atoms with Crippen LogP contribution in [0.3, 0.4) is 0 Å². The van der Waals surface area contributed by atoms with Gasteiger partial charge in [0.15, 0.2) is 5.82 Å². The van der Waals surface area contributed by atoms with Gasteiger partial charge in [0.25, 0.3) is 0 Å². The van der Waals surface area contributed by atoms with Crippen LogP contribution in [0.25, 0.3) is 11.0 Å². The molecule has 1 aromatic carbocycles. The summed E-state index contributed by atoms with van der Waals surface area (Å²) in [6.07, 6.45) is 2.84. The van der Waals surface area contributed by atoms with Crippen LogP contribution in [0.1, 0.15) is 24.0 Å². The van der Waals surface area contributed by atoms with E-state index in [0.717, 1.165) is 23.2 Å². The third-order valence-corrected chi connectivity index (χ3v) is 3.82. The van der Waals surface area contributed by atoms with Crippen LogP contribution in [-0.2, 0) is 25.9 Å². The Morgan fingerprint density at radius 2 is 2.14 bits per heavy atom. The summed E-state index contributed by atoms with van der Waals surface area (Å²) in [5.74, 6) is 0.595. The summed E-state index contributed by atoms with van der Waals surface area (Å²) in [7, 11) is 1.90. The van der Waals surface area contributed by atoms with Gasteiger partial charge in [0.1, 0.15) is 11.3 Å². The molecular weight excluding hydrogens is 291 g/mol. The minimum atomic E-state index is -0.320. The number of aryl methyl sites for hydroxylation is 2. The number of fused-ring (bicyclic) bond motifs is 1. The molecule has 0 unspecified atom stereocenters. The third kappa shape index (κ3) is 2.42. The highest BCUT2D eigenvalue weighted by Gasteiger charge is 2.15. The highest BCUT2D eigenvalue weighted by atomic mass is 35.5. The van der Waals surface area contributed by atoms with E-state index in [-0.39, 0.29) is 11.7 Å². The van der Waals surface area contributed by atoms with Gasteiger partial charge in [-0.15, -0.1) is 11.6 Å². The maximum absolute atomic E-state index is 13.9. The number of benzene rings is 1. The van der Waals surface area contributed by atoms with Gasteiger partial charge in [-0.2, -0.15) is 5.10 Å². The van der Waals surface area contributed by atoms with Crippen molar-refractivity contribution in [1.82, 2.24) is 19.3 Å². The van der Waals surface area contributed by atoms with Crippen molar-refractivity contribution in [2.24, 2.45) is 7.05 Å². The summed E-state index contributed by atoms with van der Waals surface area (Å²) in [5.41, 5.74) is 3.28. The molecule has 0 aliphatic heterocycles. The Balaban J connectivity index is 2.13. The SMILES string of the molecule is CCc1nn(C)cc1Cn1c(CCl)nc2c(F)cccc21. The minimum Gasteiger partial charge on any atom is -0.322 e. The molecule has 0 aliphatic carbocycles. The Kier molecular flexibility index (Phi) is 3.68. The number of imidazole rings is 1. The molecule has 2 aromatic heterocycles. The molecule has 6 heteroatoms. The second kappa shape index (κ2) is 5.48. The molecule has 0 radical (unpaired) electrons. The normalized spacial score (nSPS) is 11.4. The molecule has 0 saturated carbocycles. The van der Waals surface area contributed by atoms with Crippen molar-refractivity contribution >= 4 is 22.6 Å². The lowest BCUT2D eigenvalue weighted by Crippen LogP contribution is -2.05. The Bertz CT molecular complexity index is 790. The molecule has 2 heterocycles. The molecule has 3 aromatic rings. The maximum Gasteiger partial charge on any atom is 0.151 e. The van der Waals surface area contributed by atoms with Crippen LogP contribution in [0, 0.1) is 5.82 Å². The predicted molar refractivity (Wildman–Crippen MR) is 80.9 cm³/mol. The number of alkyl halides is 1. The molecule has 0 bridgehead atoms. The minimum absolute atomic E-state index is 0.246. The van der Waals surface area contributed by atoms with Crippen molar-refractivity contribution in [2.45, 2.75) is 25.8 Å². The fraction of sp³-hybridized carbons (Fsp3) is 0.333. The van der Waals surface area contributed by atoms with Crippen molar-refractivity contribution in [1.29, 1.82) is 0 Å². The zero-order valence-electron chi connectivity index (χ0n) is 12.0. The maximum atomic E-state index is 13.9. The first-order valence-corrected chi connectivity index (χ1v) is 7.38. The molecule has 0 atom stereocenters. The lowest BCUT2D eigenvalue weighted by molar-refractivity contribution is 0.637. The Hall–Kier alpha value is -1.88. The fourth-order valence-corrected chi connectivity index (χ4v) is 2.83. The van der Waals surface area contributed by atoms with Crippen molar-refractivity contribution in [3.05, 3.63) is 47.3 Å². The lowest BCUT2D eigenvalue weighted by Gasteiger charge is -2.07. The molecule has 3 rings (SSSR count). The average molecular weight is 307 g/mol. The first-order chi connectivity index (χ1) is 10.1. The van der Waals surface area contributed by atoms with Crippen LogP contribution in [0.4, 0.5) is 4.39 Å². The van der Waals surface area contributed by atoms with Gasteiger partial charge in [-0.3, -0.25) is 4.68 Å². The summed E-state index contributed by atoms with van der Waals surface area (Å²) in [6, 6.07) is 4.97. The quantitative estimate of drug-likeness (QED) is 0.694. The molecule has 21 heavy (non-hydrogen) atoms. The topological polar surface area (TPSA) is 35.6 Å². The fourth-order valence-electron chi connectivity index (χ4n) is 2.62. The molecule has 0 fully saturated rings. The highest BCUT2D eigenvalue weighted by molar-refractivity contribution is 6.16. The molecule has 110 valence electrons. The summed E-state index contributed by atoms with van der Waals surface area (Å²) < 4.78 is 17.6. The summed E-state index contributed by atoms with van der Waals surface area (Å²) >= 11 is 5.97. The summed E-state index contributed by atoms with van der Waals surface area (Å²) in [4.78, 5) is 4.32. The molecule has 0 spiro atoms. The Labute approximate surface area is 127 Å². The number of rotatable bonds is 4. The van der Waals surface area contributed by atoms with E-state index < -0.39 is 0 Å². The molecule has 0 amide bonds. The van der Waals surface area contributed by atoms with Gasteiger partial charge < -0.3 is 4.57 Å². The number of hydrogen-bond donors (Lipinski definition) is 0. The smallest absolute Gasteiger partial charge is 0.151 e. The van der Waals surface area contributed by atoms with E-state index in [4.69, 9.17) is 11.6 Å². The largest absolute Gasteiger partial charge is 0.322 e. The van der Waals surface area contributed by atoms with Crippen LogP contribution in [0.5, 0.6) is 0 Å². The predicted octanol–water partition coefficient (Wildman–Crippen LogP) is 3.26. The van der Waals surface area contributed by atoms with E-state index in [1.807, 2.05) is 23.9 Å². The van der Waals surface area contributed by atoms with Crippen LogP contribution in [0.15, 0.2) is 24.4 Å². The van der Waals surface area contributed by atoms with Crippen LogP contribution in [0.2, 0.25) is 0 Å². The van der Waals surface area contributed by atoms with E-state index >= 15 is 0 Å². The van der Waals surface area contributed by atoms with Gasteiger partial charge in [0.05, 0.1) is 23.6 Å². The van der Waals surface area contributed by atoms with Crippen molar-refractivity contribution in [2.75, 3.05) is 0 Å². The molecule has 0 N–H and O–H groups in total. The second-order valence-electron chi connectivity index (χ2n) is 4.98. The summed E-state index contributed by atoms with van der Waals surface area (Å²) in [6.45, 7) is 2.67. The van der Waals surface area contributed by atoms with Crippen molar-refractivity contribution in [3.8, 4) is 0 Å². The van der Waals surface area contributed by atoms with Gasteiger partial charge >= 0.3 is 0 Å². The van der Waals surface area contributed by atoms with Gasteiger partial charge in [0.2, 0.25) is 0 Å². The lowest BCUT2D eigenvalue weighted by atomic mass is 10.2. The number of para-hydroxylation sites is 1. The van der Waals surface area contributed by atoms with Crippen molar-refractivity contribution < 1.29 is 4.39 Å². The summed E-state index contributed by atoms with van der Waals surface area (Å²) in [5, 5.41) is 4.44. The average Bonchev–Trinajstić information content (AvgIpc) is 3.01. The first-order valence-electron chi connectivity index (χ1n) is 6.85. The zero-order valence-corrected chi connectivity index (χ0v) is 12.7. The molecule has 0 saturated heterocycles. The molecule has 4 nitrogen and oxygen atoms in total. The van der Waals surface area contributed by atoms with Gasteiger partial charge in [-0.05, 0) is 18.6 Å². The zero-order chi connectivity index (χ0) is 15.0. The van der Waals surface area contributed by atoms with Gasteiger partial charge in [-0.25, -0.2) is 9.37 Å². The number of nitrogens with zero attached hydrogens (tertiary/aromatic N) is 4. The second-order valence-corrected chi connectivity index (χ2v) is 5.25. The highest BCUT2D eigenvalue weighted by Crippen LogP contribution is 2.22. The van der Waals surface area contributed by atoms with E-state index in [2.05, 4.69) is 17.0 Å². The van der Waals surface area contributed by atoms with Crippen LogP contribution in [-0.4, -0.2) is 19.3 Å². The van der Waals surface area contributed by atoms with Gasteiger partial charge in [-0.1, -0.05) is 13.0 Å². The van der Waals surface area contributed by atoms with E-state index in [0.29, 0.717) is 17.9 Å². The number of halogens is 2. The third-order valence-electron chi connectivity index (χ3n) is 3.58.